The van der Waals surface area contributed by atoms with E-state index in [1.807, 2.05) is 12.3 Å². The van der Waals surface area contributed by atoms with Gasteiger partial charge in [0.2, 0.25) is 0 Å². The van der Waals surface area contributed by atoms with E-state index in [1.54, 1.807) is 6.26 Å². The SMILES string of the molecule is OC1(CCc2ccoc2)CCC2(CCC(SCCN3CCCC3)CC2)CC1. The molecule has 27 heavy (non-hydrogen) atoms. The number of hydrogen-bond donors (Lipinski definition) is 1. The van der Waals surface area contributed by atoms with Crippen LogP contribution in [0, 0.1) is 5.41 Å². The Labute approximate surface area is 169 Å². The van der Waals surface area contributed by atoms with E-state index in [2.05, 4.69) is 16.7 Å². The fourth-order valence-electron chi connectivity index (χ4n) is 5.53. The monoisotopic (exact) mass is 391 g/mol. The fraction of sp³-hybridized carbons (Fsp3) is 0.826. The van der Waals surface area contributed by atoms with Gasteiger partial charge in [-0.3, -0.25) is 0 Å². The van der Waals surface area contributed by atoms with Crippen molar-refractivity contribution in [2.45, 2.75) is 87.9 Å². The van der Waals surface area contributed by atoms with Gasteiger partial charge in [-0.25, -0.2) is 0 Å². The number of aryl methyl sites for hydroxylation is 1. The summed E-state index contributed by atoms with van der Waals surface area (Å²) in [5, 5.41) is 11.9. The molecular weight excluding hydrogens is 354 g/mol. The van der Waals surface area contributed by atoms with Crippen molar-refractivity contribution in [3.05, 3.63) is 24.2 Å². The Morgan fingerprint density at radius 3 is 2.48 bits per heavy atom. The maximum atomic E-state index is 11.0. The van der Waals surface area contributed by atoms with Crippen molar-refractivity contribution in [2.75, 3.05) is 25.4 Å². The quantitative estimate of drug-likeness (QED) is 0.686. The summed E-state index contributed by atoms with van der Waals surface area (Å²) in [6.07, 6.45) is 18.3. The highest BCUT2D eigenvalue weighted by molar-refractivity contribution is 7.99. The van der Waals surface area contributed by atoms with E-state index in [1.165, 1.54) is 82.3 Å². The Bertz CT molecular complexity index is 549. The van der Waals surface area contributed by atoms with Crippen LogP contribution in [0.2, 0.25) is 0 Å². The summed E-state index contributed by atoms with van der Waals surface area (Å²) in [6, 6.07) is 2.02. The van der Waals surface area contributed by atoms with Gasteiger partial charge >= 0.3 is 0 Å². The molecule has 1 N–H and O–H groups in total. The minimum atomic E-state index is -0.441. The third-order valence-electron chi connectivity index (χ3n) is 7.65. The van der Waals surface area contributed by atoms with Crippen LogP contribution in [0.25, 0.3) is 0 Å². The Balaban J connectivity index is 1.16. The van der Waals surface area contributed by atoms with E-state index < -0.39 is 5.60 Å². The van der Waals surface area contributed by atoms with Crippen LogP contribution in [0.1, 0.15) is 76.2 Å². The molecule has 0 radical (unpaired) electrons. The molecule has 1 saturated heterocycles. The molecule has 0 bridgehead atoms. The Kier molecular flexibility index (Phi) is 6.56. The van der Waals surface area contributed by atoms with E-state index >= 15 is 0 Å². The number of thioether (sulfide) groups is 1. The first-order valence-electron chi connectivity index (χ1n) is 11.2. The summed E-state index contributed by atoms with van der Waals surface area (Å²) in [4.78, 5) is 2.64. The maximum absolute atomic E-state index is 11.0. The van der Waals surface area contributed by atoms with Crippen molar-refractivity contribution >= 4 is 11.8 Å². The van der Waals surface area contributed by atoms with Gasteiger partial charge in [-0.05, 0) is 107 Å². The topological polar surface area (TPSA) is 36.6 Å². The van der Waals surface area contributed by atoms with Gasteiger partial charge in [0.15, 0.2) is 0 Å². The molecule has 152 valence electrons. The summed E-state index contributed by atoms with van der Waals surface area (Å²) >= 11 is 2.24. The van der Waals surface area contributed by atoms with Gasteiger partial charge in [-0.1, -0.05) is 0 Å². The molecule has 3 fully saturated rings. The Morgan fingerprint density at radius 2 is 1.81 bits per heavy atom. The fourth-order valence-corrected chi connectivity index (χ4v) is 6.80. The summed E-state index contributed by atoms with van der Waals surface area (Å²) in [5.74, 6) is 1.32. The van der Waals surface area contributed by atoms with Crippen molar-refractivity contribution in [2.24, 2.45) is 5.41 Å². The molecule has 4 rings (SSSR count). The second-order valence-electron chi connectivity index (χ2n) is 9.47. The molecule has 2 saturated carbocycles. The van der Waals surface area contributed by atoms with Crippen LogP contribution in [0.15, 0.2) is 23.0 Å². The predicted octanol–water partition coefficient (Wildman–Crippen LogP) is 5.28. The van der Waals surface area contributed by atoms with E-state index in [4.69, 9.17) is 4.42 Å². The second-order valence-corrected chi connectivity index (χ2v) is 10.9. The van der Waals surface area contributed by atoms with Crippen LogP contribution in [-0.2, 0) is 6.42 Å². The van der Waals surface area contributed by atoms with Crippen LogP contribution in [-0.4, -0.2) is 46.2 Å². The molecule has 1 aromatic heterocycles. The van der Waals surface area contributed by atoms with Crippen LogP contribution in [0.4, 0.5) is 0 Å². The molecule has 0 unspecified atom stereocenters. The predicted molar refractivity (Wildman–Crippen MR) is 113 cm³/mol. The van der Waals surface area contributed by atoms with Crippen LogP contribution in [0.5, 0.6) is 0 Å². The number of rotatable bonds is 7. The lowest BCUT2D eigenvalue weighted by atomic mass is 9.61. The van der Waals surface area contributed by atoms with Gasteiger partial charge in [0.05, 0.1) is 18.1 Å². The molecule has 3 aliphatic rings. The lowest BCUT2D eigenvalue weighted by Gasteiger charge is -2.47. The number of nitrogens with zero attached hydrogens (tertiary/aromatic N) is 1. The zero-order chi connectivity index (χ0) is 18.6. The molecule has 0 atom stereocenters. The minimum absolute atomic E-state index is 0.441. The van der Waals surface area contributed by atoms with Crippen LogP contribution < -0.4 is 0 Å². The smallest absolute Gasteiger partial charge is 0.0934 e. The van der Waals surface area contributed by atoms with Crippen molar-refractivity contribution in [1.29, 1.82) is 0 Å². The van der Waals surface area contributed by atoms with E-state index in [0.717, 1.165) is 30.9 Å². The van der Waals surface area contributed by atoms with Gasteiger partial charge in [0.1, 0.15) is 0 Å². The normalized spacial score (nSPS) is 35.1. The molecule has 2 heterocycles. The molecule has 1 aliphatic heterocycles. The molecule has 1 spiro atoms. The highest BCUT2D eigenvalue weighted by Gasteiger charge is 2.43. The third-order valence-corrected chi connectivity index (χ3v) is 9.01. The number of furan rings is 1. The summed E-state index contributed by atoms with van der Waals surface area (Å²) in [5.41, 5.74) is 1.33. The first-order chi connectivity index (χ1) is 13.1. The second kappa shape index (κ2) is 8.92. The number of aliphatic hydroxyl groups is 1. The first kappa shape index (κ1) is 19.8. The van der Waals surface area contributed by atoms with Gasteiger partial charge in [-0.15, -0.1) is 0 Å². The minimum Gasteiger partial charge on any atom is -0.472 e. The molecule has 2 aliphatic carbocycles. The van der Waals surface area contributed by atoms with Crippen molar-refractivity contribution in [3.8, 4) is 0 Å². The average Bonchev–Trinajstić information content (AvgIpc) is 3.39. The summed E-state index contributed by atoms with van der Waals surface area (Å²) in [7, 11) is 0. The number of hydrogen-bond acceptors (Lipinski definition) is 4. The third kappa shape index (κ3) is 5.33. The zero-order valence-corrected chi connectivity index (χ0v) is 17.7. The number of likely N-dealkylation sites (tertiary alicyclic amines) is 1. The van der Waals surface area contributed by atoms with Crippen molar-refractivity contribution in [1.82, 2.24) is 4.90 Å². The van der Waals surface area contributed by atoms with E-state index in [-0.39, 0.29) is 0 Å². The molecule has 0 aromatic carbocycles. The molecule has 4 heteroatoms. The maximum Gasteiger partial charge on any atom is 0.0934 e. The first-order valence-corrected chi connectivity index (χ1v) is 12.3. The van der Waals surface area contributed by atoms with Crippen molar-refractivity contribution < 1.29 is 9.52 Å². The zero-order valence-electron chi connectivity index (χ0n) is 16.8. The highest BCUT2D eigenvalue weighted by Crippen LogP contribution is 2.52. The van der Waals surface area contributed by atoms with Crippen LogP contribution in [0.3, 0.4) is 0 Å². The Hall–Kier alpha value is -0.450. The summed E-state index contributed by atoms with van der Waals surface area (Å²) in [6.45, 7) is 3.96. The Morgan fingerprint density at radius 1 is 1.07 bits per heavy atom. The standard InChI is InChI=1S/C23H37NO2S/c25-23(9-3-20-6-17-26-19-20)12-10-22(11-13-23)7-4-21(5-8-22)27-18-16-24-14-1-2-15-24/h6,17,19,21,25H,1-5,7-16,18H2. The van der Waals surface area contributed by atoms with E-state index in [9.17, 15) is 5.11 Å². The van der Waals surface area contributed by atoms with Gasteiger partial charge < -0.3 is 14.4 Å². The molecular formula is C23H37NO2S. The van der Waals surface area contributed by atoms with Crippen LogP contribution >= 0.6 is 11.8 Å². The highest BCUT2D eigenvalue weighted by atomic mass is 32.2. The summed E-state index contributed by atoms with van der Waals surface area (Å²) < 4.78 is 5.16. The lowest BCUT2D eigenvalue weighted by Crippen LogP contribution is -2.41. The molecule has 0 amide bonds. The molecule has 3 nitrogen and oxygen atoms in total. The van der Waals surface area contributed by atoms with E-state index in [0.29, 0.717) is 5.41 Å². The molecule has 1 aromatic rings. The van der Waals surface area contributed by atoms with Gasteiger partial charge in [0.25, 0.3) is 0 Å². The average molecular weight is 392 g/mol. The van der Waals surface area contributed by atoms with Gasteiger partial charge in [0, 0.05) is 17.5 Å². The lowest BCUT2D eigenvalue weighted by molar-refractivity contribution is -0.0489. The largest absolute Gasteiger partial charge is 0.472 e. The van der Waals surface area contributed by atoms with Crippen molar-refractivity contribution in [3.63, 3.8) is 0 Å². The van der Waals surface area contributed by atoms with Gasteiger partial charge in [-0.2, -0.15) is 11.8 Å².